The van der Waals surface area contributed by atoms with Crippen molar-refractivity contribution in [1.29, 1.82) is 0 Å². The first-order valence-corrected chi connectivity index (χ1v) is 10.6. The van der Waals surface area contributed by atoms with Crippen molar-refractivity contribution in [2.75, 3.05) is 6.54 Å². The highest BCUT2D eigenvalue weighted by molar-refractivity contribution is 6.04. The predicted molar refractivity (Wildman–Crippen MR) is 115 cm³/mol. The topological polar surface area (TPSA) is 88.9 Å². The third-order valence-corrected chi connectivity index (χ3v) is 5.42. The van der Waals surface area contributed by atoms with Crippen LogP contribution in [0.4, 0.5) is 0 Å². The third-order valence-electron chi connectivity index (χ3n) is 5.42. The predicted octanol–water partition coefficient (Wildman–Crippen LogP) is 3.15. The summed E-state index contributed by atoms with van der Waals surface area (Å²) in [6, 6.07) is 9.10. The Hall–Kier alpha value is -3.22. The summed E-state index contributed by atoms with van der Waals surface area (Å²) in [7, 11) is 0. The number of carbonyl (C=O) groups excluding carboxylic acids is 2. The summed E-state index contributed by atoms with van der Waals surface area (Å²) >= 11 is 0. The number of benzene rings is 1. The average Bonchev–Trinajstić information content (AvgIpc) is 2.92. The second-order valence-corrected chi connectivity index (χ2v) is 7.72. The molecule has 3 aromatic rings. The number of nitrogens with zero attached hydrogens (tertiary/aromatic N) is 3. The van der Waals surface area contributed by atoms with Crippen molar-refractivity contribution in [3.05, 3.63) is 58.5 Å². The molecule has 0 radical (unpaired) electrons. The third kappa shape index (κ3) is 4.06. The molecule has 1 aliphatic heterocycles. The smallest absolute Gasteiger partial charge is 0.253 e. The maximum absolute atomic E-state index is 13.0. The first-order chi connectivity index (χ1) is 14.6. The monoisotopic (exact) mass is 405 g/mol. The van der Waals surface area contributed by atoms with E-state index in [1.807, 2.05) is 26.0 Å². The van der Waals surface area contributed by atoms with Crippen molar-refractivity contribution in [2.24, 2.45) is 0 Å². The summed E-state index contributed by atoms with van der Waals surface area (Å²) in [5, 5.41) is 5.77. The van der Waals surface area contributed by atoms with Gasteiger partial charge in [0.15, 0.2) is 5.65 Å². The Labute approximate surface area is 175 Å². The highest BCUT2D eigenvalue weighted by Crippen LogP contribution is 2.24. The number of rotatable bonds is 5. The lowest BCUT2D eigenvalue weighted by Gasteiger charge is -2.09. The molecule has 0 saturated heterocycles. The van der Waals surface area contributed by atoms with Gasteiger partial charge < -0.3 is 15.2 Å². The quantitative estimate of drug-likeness (QED) is 0.682. The summed E-state index contributed by atoms with van der Waals surface area (Å²) < 4.78 is 2.17. The molecule has 7 nitrogen and oxygen atoms in total. The van der Waals surface area contributed by atoms with E-state index in [1.165, 1.54) is 6.42 Å². The van der Waals surface area contributed by atoms with E-state index in [9.17, 15) is 9.59 Å². The minimum atomic E-state index is -0.179. The number of carbonyl (C=O) groups is 2. The van der Waals surface area contributed by atoms with Gasteiger partial charge in [-0.15, -0.1) is 0 Å². The van der Waals surface area contributed by atoms with Crippen molar-refractivity contribution in [2.45, 2.75) is 52.6 Å². The molecule has 0 spiro atoms. The Morgan fingerprint density at radius 2 is 1.93 bits per heavy atom. The van der Waals surface area contributed by atoms with Crippen LogP contribution in [0.25, 0.3) is 11.2 Å². The number of aryl methyl sites for hydroxylation is 3. The van der Waals surface area contributed by atoms with Crippen LogP contribution in [0, 0.1) is 6.92 Å². The highest BCUT2D eigenvalue weighted by Gasteiger charge is 2.20. The second-order valence-electron chi connectivity index (χ2n) is 7.72. The molecule has 0 saturated carbocycles. The van der Waals surface area contributed by atoms with Gasteiger partial charge in [0.25, 0.3) is 11.8 Å². The summed E-state index contributed by atoms with van der Waals surface area (Å²) in [5.41, 5.74) is 4.29. The molecule has 0 unspecified atom stereocenters. The maximum atomic E-state index is 13.0. The molecule has 0 fully saturated rings. The molecule has 2 aromatic heterocycles. The first-order valence-electron chi connectivity index (χ1n) is 10.6. The van der Waals surface area contributed by atoms with Crippen molar-refractivity contribution in [1.82, 2.24) is 25.2 Å². The van der Waals surface area contributed by atoms with Gasteiger partial charge in [-0.05, 0) is 50.5 Å². The Morgan fingerprint density at radius 1 is 1.07 bits per heavy atom. The number of hydrogen-bond acceptors (Lipinski definition) is 4. The standard InChI is InChI=1S/C23H27N5O2/c1-3-24-22(29)17-9-7-8-16(13-17)14-25-23(30)18-12-15(2)26-21-20(18)27-19-10-5-4-6-11-28(19)21/h7-9,12-13H,3-6,10-11,14H2,1-2H3,(H,24,29)(H,25,30). The van der Waals surface area contributed by atoms with Crippen molar-refractivity contribution < 1.29 is 9.59 Å². The summed E-state index contributed by atoms with van der Waals surface area (Å²) in [6.45, 7) is 5.60. The Kier molecular flexibility index (Phi) is 5.79. The van der Waals surface area contributed by atoms with Gasteiger partial charge in [0.2, 0.25) is 0 Å². The zero-order chi connectivity index (χ0) is 21.1. The van der Waals surface area contributed by atoms with E-state index in [1.54, 1.807) is 18.2 Å². The molecular weight excluding hydrogens is 378 g/mol. The van der Waals surface area contributed by atoms with Gasteiger partial charge >= 0.3 is 0 Å². The zero-order valence-corrected chi connectivity index (χ0v) is 17.5. The second kappa shape index (κ2) is 8.65. The lowest BCUT2D eigenvalue weighted by atomic mass is 10.1. The van der Waals surface area contributed by atoms with Crippen LogP contribution < -0.4 is 10.6 Å². The molecule has 0 bridgehead atoms. The molecule has 2 N–H and O–H groups in total. The molecule has 0 aliphatic carbocycles. The number of pyridine rings is 1. The van der Waals surface area contributed by atoms with E-state index >= 15 is 0 Å². The number of imidazole rings is 1. The Balaban J connectivity index is 1.57. The van der Waals surface area contributed by atoms with E-state index in [-0.39, 0.29) is 11.8 Å². The molecule has 0 atom stereocenters. The van der Waals surface area contributed by atoms with Gasteiger partial charge in [0.1, 0.15) is 11.3 Å². The van der Waals surface area contributed by atoms with Crippen LogP contribution in [0.3, 0.4) is 0 Å². The van der Waals surface area contributed by atoms with Gasteiger partial charge in [-0.2, -0.15) is 0 Å². The summed E-state index contributed by atoms with van der Waals surface area (Å²) in [5.74, 6) is 0.725. The van der Waals surface area contributed by atoms with Crippen molar-refractivity contribution >= 4 is 23.0 Å². The van der Waals surface area contributed by atoms with Crippen LogP contribution in [0.2, 0.25) is 0 Å². The number of aromatic nitrogens is 3. The van der Waals surface area contributed by atoms with Crippen LogP contribution >= 0.6 is 0 Å². The van der Waals surface area contributed by atoms with Crippen LogP contribution in [0.1, 0.15) is 64.0 Å². The minimum absolute atomic E-state index is 0.114. The molecule has 3 heterocycles. The molecule has 1 aromatic carbocycles. The largest absolute Gasteiger partial charge is 0.352 e. The van der Waals surface area contributed by atoms with Crippen LogP contribution in [0.15, 0.2) is 30.3 Å². The first kappa shape index (κ1) is 20.1. The average molecular weight is 406 g/mol. The van der Waals surface area contributed by atoms with E-state index in [2.05, 4.69) is 20.2 Å². The summed E-state index contributed by atoms with van der Waals surface area (Å²) in [4.78, 5) is 34.5. The van der Waals surface area contributed by atoms with Gasteiger partial charge in [0, 0.05) is 37.3 Å². The van der Waals surface area contributed by atoms with E-state index in [4.69, 9.17) is 4.98 Å². The molecule has 156 valence electrons. The minimum Gasteiger partial charge on any atom is -0.352 e. The van der Waals surface area contributed by atoms with Crippen LogP contribution in [-0.4, -0.2) is 32.9 Å². The number of amides is 2. The zero-order valence-electron chi connectivity index (χ0n) is 17.5. The fraction of sp³-hybridized carbons (Fsp3) is 0.391. The molecule has 2 amide bonds. The van der Waals surface area contributed by atoms with Crippen LogP contribution in [-0.2, 0) is 19.5 Å². The number of nitrogens with one attached hydrogen (secondary N) is 2. The van der Waals surface area contributed by atoms with E-state index < -0.39 is 0 Å². The van der Waals surface area contributed by atoms with Gasteiger partial charge in [-0.25, -0.2) is 9.97 Å². The van der Waals surface area contributed by atoms with Crippen molar-refractivity contribution in [3.8, 4) is 0 Å². The lowest BCUT2D eigenvalue weighted by Crippen LogP contribution is -2.25. The Morgan fingerprint density at radius 3 is 2.77 bits per heavy atom. The maximum Gasteiger partial charge on any atom is 0.253 e. The van der Waals surface area contributed by atoms with Crippen molar-refractivity contribution in [3.63, 3.8) is 0 Å². The SMILES string of the molecule is CCNC(=O)c1cccc(CNC(=O)c2cc(C)nc3c2nc2n3CCCCC2)c1. The van der Waals surface area contributed by atoms with Crippen LogP contribution in [0.5, 0.6) is 0 Å². The molecule has 30 heavy (non-hydrogen) atoms. The Bertz CT molecular complexity index is 1100. The van der Waals surface area contributed by atoms with E-state index in [0.717, 1.165) is 48.5 Å². The van der Waals surface area contributed by atoms with E-state index in [0.29, 0.717) is 29.7 Å². The number of fused-ring (bicyclic) bond motifs is 3. The number of hydrogen-bond donors (Lipinski definition) is 2. The molecule has 1 aliphatic rings. The molecular formula is C23H27N5O2. The molecule has 4 rings (SSSR count). The fourth-order valence-electron chi connectivity index (χ4n) is 3.95. The highest BCUT2D eigenvalue weighted by atomic mass is 16.2. The van der Waals surface area contributed by atoms with Gasteiger partial charge in [0.05, 0.1) is 5.56 Å². The molecule has 7 heteroatoms. The summed E-state index contributed by atoms with van der Waals surface area (Å²) in [6.07, 6.45) is 4.34. The van der Waals surface area contributed by atoms with Gasteiger partial charge in [-0.3, -0.25) is 9.59 Å². The van der Waals surface area contributed by atoms with Gasteiger partial charge in [-0.1, -0.05) is 18.6 Å². The lowest BCUT2D eigenvalue weighted by molar-refractivity contribution is 0.0948. The normalized spacial score (nSPS) is 13.5. The fourth-order valence-corrected chi connectivity index (χ4v) is 3.95.